The van der Waals surface area contributed by atoms with Gasteiger partial charge >= 0.3 is 0 Å². The lowest BCUT2D eigenvalue weighted by Crippen LogP contribution is -2.37. The van der Waals surface area contributed by atoms with E-state index < -0.39 is 0 Å². The fourth-order valence-electron chi connectivity index (χ4n) is 3.62. The molecule has 0 aromatic rings. The Bertz CT molecular complexity index is 214. The highest BCUT2D eigenvalue weighted by Gasteiger charge is 2.51. The summed E-state index contributed by atoms with van der Waals surface area (Å²) in [5.74, 6) is 3.19. The Morgan fingerprint density at radius 2 is 1.69 bits per heavy atom. The zero-order valence-corrected chi connectivity index (χ0v) is 9.25. The summed E-state index contributed by atoms with van der Waals surface area (Å²) >= 11 is 0. The first-order valence-electron chi connectivity index (χ1n) is 5.61. The SMILES string of the molecule is CC(C)C1(C(C)C)[CH]C2C=CC1C2. The van der Waals surface area contributed by atoms with E-state index >= 15 is 0 Å². The second kappa shape index (κ2) is 2.87. The summed E-state index contributed by atoms with van der Waals surface area (Å²) in [6.07, 6.45) is 8.88. The molecule has 2 atom stereocenters. The van der Waals surface area contributed by atoms with Crippen LogP contribution >= 0.6 is 0 Å². The van der Waals surface area contributed by atoms with Gasteiger partial charge in [-0.2, -0.15) is 0 Å². The van der Waals surface area contributed by atoms with Crippen LogP contribution in [0.25, 0.3) is 0 Å². The Hall–Kier alpha value is -0.260. The fourth-order valence-corrected chi connectivity index (χ4v) is 3.62. The number of allylic oxidation sites excluding steroid dienone is 2. The Morgan fingerprint density at radius 1 is 1.08 bits per heavy atom. The summed E-state index contributed by atoms with van der Waals surface area (Å²) in [6.45, 7) is 9.52. The van der Waals surface area contributed by atoms with Crippen molar-refractivity contribution in [2.24, 2.45) is 29.1 Å². The molecule has 2 aliphatic rings. The molecule has 0 heteroatoms. The fraction of sp³-hybridized carbons (Fsp3) is 0.769. The minimum atomic E-state index is 0.499. The summed E-state index contributed by atoms with van der Waals surface area (Å²) in [5, 5.41) is 0. The lowest BCUT2D eigenvalue weighted by molar-refractivity contribution is 0.120. The molecule has 0 spiro atoms. The van der Waals surface area contributed by atoms with Gasteiger partial charge in [0.25, 0.3) is 0 Å². The molecule has 0 amide bonds. The van der Waals surface area contributed by atoms with Crippen LogP contribution in [0.15, 0.2) is 12.2 Å². The Morgan fingerprint density at radius 3 is 1.92 bits per heavy atom. The van der Waals surface area contributed by atoms with Crippen molar-refractivity contribution in [2.45, 2.75) is 34.1 Å². The van der Waals surface area contributed by atoms with Gasteiger partial charge in [0.05, 0.1) is 0 Å². The molecule has 0 saturated heterocycles. The zero-order valence-electron chi connectivity index (χ0n) is 9.25. The molecule has 1 radical (unpaired) electrons. The molecule has 0 aromatic heterocycles. The number of hydrogen-bond acceptors (Lipinski definition) is 0. The van der Waals surface area contributed by atoms with E-state index in [1.165, 1.54) is 6.42 Å². The van der Waals surface area contributed by atoms with Gasteiger partial charge in [-0.1, -0.05) is 39.8 Å². The zero-order chi connectivity index (χ0) is 9.64. The number of fused-ring (bicyclic) bond motifs is 2. The number of hydrogen-bond donors (Lipinski definition) is 0. The topological polar surface area (TPSA) is 0 Å². The van der Waals surface area contributed by atoms with Crippen molar-refractivity contribution in [1.29, 1.82) is 0 Å². The van der Waals surface area contributed by atoms with E-state index in [4.69, 9.17) is 0 Å². The average Bonchev–Trinajstić information content (AvgIpc) is 2.61. The van der Waals surface area contributed by atoms with Gasteiger partial charge in [0.1, 0.15) is 0 Å². The summed E-state index contributed by atoms with van der Waals surface area (Å²) in [5.41, 5.74) is 0.499. The van der Waals surface area contributed by atoms with Gasteiger partial charge < -0.3 is 0 Å². The van der Waals surface area contributed by atoms with Gasteiger partial charge in [0, 0.05) is 0 Å². The van der Waals surface area contributed by atoms with Crippen LogP contribution in [0.2, 0.25) is 0 Å². The first kappa shape index (κ1) is 9.30. The monoisotopic (exact) mass is 177 g/mol. The summed E-state index contributed by atoms with van der Waals surface area (Å²) in [4.78, 5) is 0. The smallest absolute Gasteiger partial charge is 0.0151 e. The predicted octanol–water partition coefficient (Wildman–Crippen LogP) is 3.69. The van der Waals surface area contributed by atoms with Crippen molar-refractivity contribution < 1.29 is 0 Å². The van der Waals surface area contributed by atoms with Crippen molar-refractivity contribution in [3.05, 3.63) is 18.6 Å². The molecule has 2 bridgehead atoms. The Kier molecular flexibility index (Phi) is 2.05. The van der Waals surface area contributed by atoms with Gasteiger partial charge in [-0.3, -0.25) is 0 Å². The van der Waals surface area contributed by atoms with Crippen molar-refractivity contribution in [1.82, 2.24) is 0 Å². The third-order valence-electron chi connectivity index (χ3n) is 4.26. The summed E-state index contributed by atoms with van der Waals surface area (Å²) < 4.78 is 0. The Balaban J connectivity index is 2.31. The van der Waals surface area contributed by atoms with Gasteiger partial charge in [0.15, 0.2) is 0 Å². The van der Waals surface area contributed by atoms with Crippen LogP contribution in [0.5, 0.6) is 0 Å². The molecule has 0 N–H and O–H groups in total. The van der Waals surface area contributed by atoms with Crippen molar-refractivity contribution in [2.75, 3.05) is 0 Å². The molecule has 2 aliphatic carbocycles. The first-order valence-corrected chi connectivity index (χ1v) is 5.61. The number of rotatable bonds is 2. The largest absolute Gasteiger partial charge is 0.0848 e. The van der Waals surface area contributed by atoms with Crippen LogP contribution in [0.1, 0.15) is 34.1 Å². The molecule has 0 aliphatic heterocycles. The quantitative estimate of drug-likeness (QED) is 0.564. The second-order valence-corrected chi connectivity index (χ2v) is 5.37. The van der Waals surface area contributed by atoms with E-state index in [2.05, 4.69) is 46.3 Å². The van der Waals surface area contributed by atoms with Crippen molar-refractivity contribution in [3.63, 3.8) is 0 Å². The average molecular weight is 177 g/mol. The maximum absolute atomic E-state index is 2.63. The highest BCUT2D eigenvalue weighted by Crippen LogP contribution is 2.58. The van der Waals surface area contributed by atoms with Gasteiger partial charge in [-0.15, -0.1) is 0 Å². The molecule has 0 aromatic carbocycles. The Labute approximate surface area is 82.4 Å². The third-order valence-corrected chi connectivity index (χ3v) is 4.26. The van der Waals surface area contributed by atoms with Crippen LogP contribution in [-0.2, 0) is 0 Å². The molecule has 1 fully saturated rings. The second-order valence-electron chi connectivity index (χ2n) is 5.37. The van der Waals surface area contributed by atoms with Gasteiger partial charge in [-0.05, 0) is 41.9 Å². The lowest BCUT2D eigenvalue weighted by Gasteiger charge is -2.43. The predicted molar refractivity (Wildman–Crippen MR) is 57.1 cm³/mol. The molecular weight excluding hydrogens is 156 g/mol. The standard InChI is InChI=1S/C13H21/c1-9(2)13(10(3)4)8-11-5-6-12(13)7-11/h5-6,8-12H,7H2,1-4H3. The molecule has 0 heterocycles. The van der Waals surface area contributed by atoms with E-state index in [0.717, 1.165) is 23.7 Å². The summed E-state index contributed by atoms with van der Waals surface area (Å²) in [7, 11) is 0. The van der Waals surface area contributed by atoms with Gasteiger partial charge in [-0.25, -0.2) is 0 Å². The highest BCUT2D eigenvalue weighted by atomic mass is 14.6. The van der Waals surface area contributed by atoms with Crippen molar-refractivity contribution >= 4 is 0 Å². The molecular formula is C13H21. The van der Waals surface area contributed by atoms with Gasteiger partial charge in [0.2, 0.25) is 0 Å². The van der Waals surface area contributed by atoms with Crippen molar-refractivity contribution in [3.8, 4) is 0 Å². The molecule has 0 nitrogen and oxygen atoms in total. The molecule has 1 saturated carbocycles. The molecule has 13 heavy (non-hydrogen) atoms. The summed E-state index contributed by atoms with van der Waals surface area (Å²) in [6, 6.07) is 0. The minimum Gasteiger partial charge on any atom is -0.0848 e. The molecule has 2 unspecified atom stereocenters. The van der Waals surface area contributed by atoms with E-state index in [0.29, 0.717) is 5.41 Å². The van der Waals surface area contributed by atoms with E-state index in [9.17, 15) is 0 Å². The lowest BCUT2D eigenvalue weighted by atomic mass is 9.61. The normalized spacial score (nSPS) is 35.2. The maximum Gasteiger partial charge on any atom is -0.0151 e. The molecule has 2 rings (SSSR count). The van der Waals surface area contributed by atoms with Crippen LogP contribution in [-0.4, -0.2) is 0 Å². The van der Waals surface area contributed by atoms with E-state index in [1.807, 2.05) is 0 Å². The van der Waals surface area contributed by atoms with E-state index in [1.54, 1.807) is 0 Å². The van der Waals surface area contributed by atoms with Crippen LogP contribution in [0.4, 0.5) is 0 Å². The molecule has 73 valence electrons. The van der Waals surface area contributed by atoms with Crippen LogP contribution < -0.4 is 0 Å². The van der Waals surface area contributed by atoms with Crippen LogP contribution in [0.3, 0.4) is 0 Å². The maximum atomic E-state index is 2.63. The van der Waals surface area contributed by atoms with E-state index in [-0.39, 0.29) is 0 Å². The minimum absolute atomic E-state index is 0.499. The first-order chi connectivity index (χ1) is 6.07. The van der Waals surface area contributed by atoms with Crippen LogP contribution in [0, 0.1) is 35.5 Å². The third kappa shape index (κ3) is 1.11. The highest BCUT2D eigenvalue weighted by molar-refractivity contribution is 5.24.